The summed E-state index contributed by atoms with van der Waals surface area (Å²) in [4.78, 5) is 59.6. The van der Waals surface area contributed by atoms with Gasteiger partial charge in [0, 0.05) is 27.7 Å². The number of para-hydroxylation sites is 1. The summed E-state index contributed by atoms with van der Waals surface area (Å²) in [5.41, 5.74) is 0.0854. The summed E-state index contributed by atoms with van der Waals surface area (Å²) in [7, 11) is 0. The Morgan fingerprint density at radius 2 is 1.51 bits per heavy atom. The van der Waals surface area contributed by atoms with Crippen LogP contribution in [0.15, 0.2) is 24.3 Å². The summed E-state index contributed by atoms with van der Waals surface area (Å²) >= 11 is 0. The molecule has 1 aromatic rings. The minimum atomic E-state index is -1.36. The normalized spacial score (nSPS) is 23.4. The maximum Gasteiger partial charge on any atom is 0.341 e. The highest BCUT2D eigenvalue weighted by molar-refractivity contribution is 5.92. The van der Waals surface area contributed by atoms with E-state index in [1.54, 1.807) is 19.1 Å². The van der Waals surface area contributed by atoms with Gasteiger partial charge in [-0.3, -0.25) is 19.2 Å². The molecule has 0 saturated carbocycles. The van der Waals surface area contributed by atoms with E-state index in [0.29, 0.717) is 0 Å². The second-order valence-corrected chi connectivity index (χ2v) is 7.55. The monoisotopic (exact) mass is 495 g/mol. The van der Waals surface area contributed by atoms with Crippen molar-refractivity contribution in [2.24, 2.45) is 0 Å². The van der Waals surface area contributed by atoms with Gasteiger partial charge >= 0.3 is 23.9 Å². The largest absolute Gasteiger partial charge is 0.463 e. The standard InChI is InChI=1S/C23H29NO11/c1-6-30-22(29)16-9-7-8-10-17(16)34-23-19(24-12(2)25)21(33-15(5)28)20(32-14(4)27)18(35-23)11-31-13(3)26/h7-10,18-21,23H,6,11H2,1-5H3,(H,24,25)/t18-,19-,20+,21-,23-/m1/s1. The van der Waals surface area contributed by atoms with E-state index < -0.39 is 60.4 Å². The van der Waals surface area contributed by atoms with Crippen molar-refractivity contribution in [2.45, 2.75) is 65.3 Å². The van der Waals surface area contributed by atoms with Gasteiger partial charge in [-0.2, -0.15) is 0 Å². The minimum absolute atomic E-state index is 0.0602. The molecule has 1 heterocycles. The summed E-state index contributed by atoms with van der Waals surface area (Å²) in [6.45, 7) is 6.08. The van der Waals surface area contributed by atoms with Crippen LogP contribution in [0.3, 0.4) is 0 Å². The number of hydrogen-bond donors (Lipinski definition) is 1. The fraction of sp³-hybridized carbons (Fsp3) is 0.522. The van der Waals surface area contributed by atoms with Crippen molar-refractivity contribution < 1.29 is 52.4 Å². The molecule has 35 heavy (non-hydrogen) atoms. The number of nitrogens with one attached hydrogen (secondary N) is 1. The van der Waals surface area contributed by atoms with Crippen molar-refractivity contribution in [1.29, 1.82) is 0 Å². The number of esters is 4. The number of carbonyl (C=O) groups excluding carboxylic acids is 5. The Kier molecular flexibility index (Phi) is 10.0. The van der Waals surface area contributed by atoms with E-state index >= 15 is 0 Å². The second-order valence-electron chi connectivity index (χ2n) is 7.55. The van der Waals surface area contributed by atoms with Gasteiger partial charge in [0.2, 0.25) is 12.2 Å². The lowest BCUT2D eigenvalue weighted by Gasteiger charge is -2.44. The van der Waals surface area contributed by atoms with Gasteiger partial charge in [0.15, 0.2) is 12.2 Å². The van der Waals surface area contributed by atoms with E-state index in [0.717, 1.165) is 13.8 Å². The molecule has 0 radical (unpaired) electrons. The SMILES string of the molecule is CCOC(=O)c1ccccc1O[C@@H]1O[C@H](COC(C)=O)[C@H](OC(C)=O)[C@H](OC(C)=O)[C@H]1NC(C)=O. The maximum absolute atomic E-state index is 12.4. The van der Waals surface area contributed by atoms with Gasteiger partial charge in [-0.1, -0.05) is 12.1 Å². The fourth-order valence-corrected chi connectivity index (χ4v) is 3.46. The van der Waals surface area contributed by atoms with Gasteiger partial charge in [0.1, 0.15) is 30.1 Å². The van der Waals surface area contributed by atoms with Crippen LogP contribution in [0.25, 0.3) is 0 Å². The van der Waals surface area contributed by atoms with Crippen LogP contribution in [-0.4, -0.2) is 73.6 Å². The molecule has 5 atom stereocenters. The predicted octanol–water partition coefficient (Wildman–Crippen LogP) is 0.898. The number of benzene rings is 1. The molecule has 0 unspecified atom stereocenters. The predicted molar refractivity (Wildman–Crippen MR) is 117 cm³/mol. The van der Waals surface area contributed by atoms with Gasteiger partial charge in [0.05, 0.1) is 6.61 Å². The van der Waals surface area contributed by atoms with Crippen LogP contribution in [0.1, 0.15) is 45.0 Å². The van der Waals surface area contributed by atoms with Gasteiger partial charge in [-0.15, -0.1) is 0 Å². The first-order valence-corrected chi connectivity index (χ1v) is 10.9. The molecular weight excluding hydrogens is 466 g/mol. The van der Waals surface area contributed by atoms with Crippen LogP contribution in [0, 0.1) is 0 Å². The zero-order chi connectivity index (χ0) is 26.1. The Labute approximate surface area is 202 Å². The quantitative estimate of drug-likeness (QED) is 0.384. The highest BCUT2D eigenvalue weighted by atomic mass is 16.7. The summed E-state index contributed by atoms with van der Waals surface area (Å²) in [5.74, 6) is -3.21. The van der Waals surface area contributed by atoms with Gasteiger partial charge in [-0.05, 0) is 19.1 Å². The summed E-state index contributed by atoms with van der Waals surface area (Å²) in [6, 6.07) is 5.00. The molecule has 0 bridgehead atoms. The molecule has 1 N–H and O–H groups in total. The summed E-state index contributed by atoms with van der Waals surface area (Å²) in [5, 5.41) is 2.59. The van der Waals surface area contributed by atoms with Crippen molar-refractivity contribution in [2.75, 3.05) is 13.2 Å². The second kappa shape index (κ2) is 12.7. The van der Waals surface area contributed by atoms with E-state index in [9.17, 15) is 24.0 Å². The molecule has 1 aliphatic heterocycles. The van der Waals surface area contributed by atoms with Crippen LogP contribution in [0.2, 0.25) is 0 Å². The van der Waals surface area contributed by atoms with Crippen LogP contribution in [0.4, 0.5) is 0 Å². The maximum atomic E-state index is 12.4. The Balaban J connectivity index is 2.51. The molecule has 192 valence electrons. The highest BCUT2D eigenvalue weighted by Crippen LogP contribution is 2.30. The Bertz CT molecular complexity index is 947. The molecule has 1 fully saturated rings. The van der Waals surface area contributed by atoms with Crippen LogP contribution in [0.5, 0.6) is 5.75 Å². The van der Waals surface area contributed by atoms with Crippen LogP contribution >= 0.6 is 0 Å². The number of rotatable bonds is 9. The van der Waals surface area contributed by atoms with E-state index in [-0.39, 0.29) is 24.5 Å². The molecular formula is C23H29NO11. The number of ether oxygens (including phenoxy) is 6. The lowest BCUT2D eigenvalue weighted by atomic mass is 9.96. The topological polar surface area (TPSA) is 153 Å². The first-order chi connectivity index (χ1) is 16.5. The zero-order valence-corrected chi connectivity index (χ0v) is 20.1. The lowest BCUT2D eigenvalue weighted by molar-refractivity contribution is -0.257. The van der Waals surface area contributed by atoms with Gasteiger partial charge in [-0.25, -0.2) is 4.79 Å². The van der Waals surface area contributed by atoms with Crippen LogP contribution < -0.4 is 10.1 Å². The van der Waals surface area contributed by atoms with E-state index in [1.165, 1.54) is 26.0 Å². The number of hydrogen-bond acceptors (Lipinski definition) is 11. The third-order valence-electron chi connectivity index (χ3n) is 4.70. The Morgan fingerprint density at radius 1 is 0.886 bits per heavy atom. The summed E-state index contributed by atoms with van der Waals surface area (Å²) < 4.78 is 32.8. The average Bonchev–Trinajstić information content (AvgIpc) is 2.76. The molecule has 1 aromatic carbocycles. The van der Waals surface area contributed by atoms with Crippen molar-refractivity contribution in [3.63, 3.8) is 0 Å². The van der Waals surface area contributed by atoms with E-state index in [4.69, 9.17) is 28.4 Å². The van der Waals surface area contributed by atoms with Gasteiger partial charge in [0.25, 0.3) is 0 Å². The summed E-state index contributed by atoms with van der Waals surface area (Å²) in [6.07, 6.45) is -5.04. The third-order valence-corrected chi connectivity index (χ3v) is 4.70. The molecule has 2 rings (SSSR count). The number of amides is 1. The van der Waals surface area contributed by atoms with E-state index in [2.05, 4.69) is 5.32 Å². The molecule has 1 amide bonds. The lowest BCUT2D eigenvalue weighted by Crippen LogP contribution is -2.67. The fourth-order valence-electron chi connectivity index (χ4n) is 3.46. The molecule has 0 aliphatic carbocycles. The molecule has 12 heteroatoms. The molecule has 0 aromatic heterocycles. The van der Waals surface area contributed by atoms with E-state index in [1.807, 2.05) is 0 Å². The third kappa shape index (κ3) is 7.95. The number of carbonyl (C=O) groups is 5. The smallest absolute Gasteiger partial charge is 0.341 e. The van der Waals surface area contributed by atoms with Crippen LogP contribution in [-0.2, 0) is 42.9 Å². The average molecular weight is 495 g/mol. The molecule has 1 aliphatic rings. The Hall–Kier alpha value is -3.67. The minimum Gasteiger partial charge on any atom is -0.463 e. The van der Waals surface area contributed by atoms with Crippen molar-refractivity contribution in [3.05, 3.63) is 29.8 Å². The zero-order valence-electron chi connectivity index (χ0n) is 20.1. The molecule has 1 saturated heterocycles. The first kappa shape index (κ1) is 27.6. The van der Waals surface area contributed by atoms with Crippen molar-refractivity contribution in [3.8, 4) is 5.75 Å². The van der Waals surface area contributed by atoms with Gasteiger partial charge < -0.3 is 33.7 Å². The Morgan fingerprint density at radius 3 is 2.09 bits per heavy atom. The van der Waals surface area contributed by atoms with Crippen molar-refractivity contribution in [1.82, 2.24) is 5.32 Å². The molecule has 12 nitrogen and oxygen atoms in total. The van der Waals surface area contributed by atoms with Crippen molar-refractivity contribution >= 4 is 29.8 Å². The first-order valence-electron chi connectivity index (χ1n) is 10.9. The highest BCUT2D eigenvalue weighted by Gasteiger charge is 2.52. The molecule has 0 spiro atoms.